The lowest BCUT2D eigenvalue weighted by molar-refractivity contribution is -0.118. The molecule has 1 aliphatic heterocycles. The van der Waals surface area contributed by atoms with Gasteiger partial charge in [0.05, 0.1) is 10.9 Å². The molecule has 2 aromatic heterocycles. The van der Waals surface area contributed by atoms with Gasteiger partial charge in [0.2, 0.25) is 5.91 Å². The first-order valence-corrected chi connectivity index (χ1v) is 11.3. The molecule has 1 atom stereocenters. The molecule has 30 heavy (non-hydrogen) atoms. The molecular formula is C22H17N3O3S2. The van der Waals surface area contributed by atoms with Gasteiger partial charge in [-0.15, -0.1) is 11.3 Å². The molecule has 0 radical (unpaired) electrons. The zero-order valence-electron chi connectivity index (χ0n) is 15.8. The number of carbonyl (C=O) groups excluding carboxylic acids is 2. The topological polar surface area (TPSA) is 85.1 Å². The number of imide groups is 1. The third kappa shape index (κ3) is 4.01. The normalized spacial score (nSPS) is 16.3. The number of aryl methyl sites for hydroxylation is 2. The van der Waals surface area contributed by atoms with E-state index in [1.807, 2.05) is 36.4 Å². The lowest BCUT2D eigenvalue weighted by Crippen LogP contribution is -2.25. The fourth-order valence-electron chi connectivity index (χ4n) is 3.37. The van der Waals surface area contributed by atoms with Crippen LogP contribution in [0.25, 0.3) is 21.7 Å². The number of thiazole rings is 1. The first kappa shape index (κ1) is 19.0. The van der Waals surface area contributed by atoms with Crippen molar-refractivity contribution in [3.63, 3.8) is 0 Å². The van der Waals surface area contributed by atoms with Crippen LogP contribution in [0.15, 0.2) is 58.3 Å². The van der Waals surface area contributed by atoms with E-state index in [9.17, 15) is 9.59 Å². The Hall–Kier alpha value is -2.97. The number of nitrogens with zero attached hydrogens (tertiary/aromatic N) is 2. The second-order valence-corrected chi connectivity index (χ2v) is 9.04. The van der Waals surface area contributed by atoms with Gasteiger partial charge < -0.3 is 4.42 Å². The molecule has 2 amide bonds. The van der Waals surface area contributed by atoms with Crippen molar-refractivity contribution >= 4 is 45.3 Å². The molecule has 0 spiro atoms. The first-order valence-electron chi connectivity index (χ1n) is 9.54. The first-order chi connectivity index (χ1) is 14.6. The predicted molar refractivity (Wildman–Crippen MR) is 118 cm³/mol. The summed E-state index contributed by atoms with van der Waals surface area (Å²) in [5.74, 6) is 0.434. The molecule has 3 heterocycles. The highest BCUT2D eigenvalue weighted by Gasteiger charge is 2.31. The van der Waals surface area contributed by atoms with Crippen molar-refractivity contribution in [3.8, 4) is 10.6 Å². The van der Waals surface area contributed by atoms with Gasteiger partial charge in [-0.2, -0.15) is 0 Å². The third-order valence-corrected chi connectivity index (χ3v) is 6.77. The molecule has 1 unspecified atom stereocenters. The Morgan fingerprint density at radius 1 is 1.03 bits per heavy atom. The average Bonchev–Trinajstić information content (AvgIpc) is 3.45. The number of hydrogen-bond acceptors (Lipinski definition) is 7. The van der Waals surface area contributed by atoms with Crippen molar-refractivity contribution in [2.24, 2.45) is 0 Å². The molecule has 1 saturated heterocycles. The van der Waals surface area contributed by atoms with Crippen LogP contribution in [0.4, 0.5) is 4.79 Å². The van der Waals surface area contributed by atoms with Gasteiger partial charge in [-0.1, -0.05) is 48.2 Å². The fraction of sp³-hybridized carbons (Fsp3) is 0.182. The van der Waals surface area contributed by atoms with Crippen LogP contribution in [0.2, 0.25) is 0 Å². The Bertz CT molecular complexity index is 1230. The summed E-state index contributed by atoms with van der Waals surface area (Å²) in [5.41, 5.74) is 4.59. The molecule has 1 aliphatic rings. The van der Waals surface area contributed by atoms with Crippen molar-refractivity contribution in [2.45, 2.75) is 24.5 Å². The van der Waals surface area contributed by atoms with Crippen molar-refractivity contribution in [1.82, 2.24) is 15.3 Å². The van der Waals surface area contributed by atoms with E-state index in [2.05, 4.69) is 27.8 Å². The minimum absolute atomic E-state index is 0.232. The Morgan fingerprint density at radius 3 is 2.70 bits per heavy atom. The van der Waals surface area contributed by atoms with Crippen LogP contribution >= 0.6 is 23.1 Å². The minimum Gasteiger partial charge on any atom is -0.441 e. The van der Waals surface area contributed by atoms with E-state index in [4.69, 9.17) is 9.40 Å². The molecule has 5 rings (SSSR count). The number of rotatable bonds is 6. The smallest absolute Gasteiger partial charge is 0.286 e. The number of amides is 2. The Labute approximate surface area is 180 Å². The molecule has 1 N–H and O–H groups in total. The quantitative estimate of drug-likeness (QED) is 0.475. The van der Waals surface area contributed by atoms with Gasteiger partial charge in [0, 0.05) is 17.4 Å². The highest BCUT2D eigenvalue weighted by Crippen LogP contribution is 2.26. The molecule has 1 fully saturated rings. The number of nitrogens with one attached hydrogen (secondary N) is 1. The zero-order valence-corrected chi connectivity index (χ0v) is 17.5. The molecule has 4 aromatic rings. The highest BCUT2D eigenvalue weighted by atomic mass is 32.2. The highest BCUT2D eigenvalue weighted by molar-refractivity contribution is 8.15. The Kier molecular flexibility index (Phi) is 5.10. The largest absolute Gasteiger partial charge is 0.441 e. The van der Waals surface area contributed by atoms with Crippen LogP contribution in [-0.4, -0.2) is 26.4 Å². The van der Waals surface area contributed by atoms with E-state index >= 15 is 0 Å². The zero-order chi connectivity index (χ0) is 20.5. The van der Waals surface area contributed by atoms with Crippen LogP contribution in [0, 0.1) is 0 Å². The fourth-order valence-corrected chi connectivity index (χ4v) is 5.09. The maximum atomic E-state index is 11.8. The van der Waals surface area contributed by atoms with Crippen LogP contribution in [0.5, 0.6) is 0 Å². The van der Waals surface area contributed by atoms with Crippen molar-refractivity contribution < 1.29 is 14.0 Å². The van der Waals surface area contributed by atoms with Crippen LogP contribution in [-0.2, 0) is 24.1 Å². The Morgan fingerprint density at radius 2 is 1.90 bits per heavy atom. The molecule has 0 bridgehead atoms. The molecule has 0 aliphatic carbocycles. The summed E-state index contributed by atoms with van der Waals surface area (Å²) in [5, 5.41) is 4.74. The van der Waals surface area contributed by atoms with Gasteiger partial charge >= 0.3 is 0 Å². The maximum absolute atomic E-state index is 11.8. The molecular weight excluding hydrogens is 418 g/mol. The summed E-state index contributed by atoms with van der Waals surface area (Å²) in [6, 6.07) is 15.9. The number of carbonyl (C=O) groups is 2. The van der Waals surface area contributed by atoms with Gasteiger partial charge in [0.1, 0.15) is 10.5 Å². The number of aromatic nitrogens is 2. The summed E-state index contributed by atoms with van der Waals surface area (Å²) in [6.45, 7) is 0. The monoisotopic (exact) mass is 435 g/mol. The van der Waals surface area contributed by atoms with E-state index in [-0.39, 0.29) is 16.4 Å². The summed E-state index contributed by atoms with van der Waals surface area (Å²) < 4.78 is 5.87. The lowest BCUT2D eigenvalue weighted by Gasteiger charge is -2.04. The summed E-state index contributed by atoms with van der Waals surface area (Å²) >= 11 is 2.68. The van der Waals surface area contributed by atoms with E-state index in [1.54, 1.807) is 11.3 Å². The van der Waals surface area contributed by atoms with Crippen molar-refractivity contribution in [1.29, 1.82) is 0 Å². The van der Waals surface area contributed by atoms with Gasteiger partial charge in [-0.05, 0) is 30.5 Å². The second kappa shape index (κ2) is 8.04. The number of fused-ring (bicyclic) bond motifs is 1. The van der Waals surface area contributed by atoms with E-state index < -0.39 is 0 Å². The standard InChI is InChI=1S/C22H17N3O3S2/c26-20-18(30-22(27)25-20)11-13-6-8-17-16(10-13)24-19(28-17)9-7-15-12-29-21(23-15)14-4-2-1-3-5-14/h1-6,8,10,12,18H,7,9,11H2,(H,25,26,27). The summed E-state index contributed by atoms with van der Waals surface area (Å²) in [4.78, 5) is 32.4. The molecule has 8 heteroatoms. The van der Waals surface area contributed by atoms with Gasteiger partial charge in [0.15, 0.2) is 11.5 Å². The number of thioether (sulfide) groups is 1. The molecule has 150 valence electrons. The number of benzene rings is 2. The third-order valence-electron chi connectivity index (χ3n) is 4.85. The van der Waals surface area contributed by atoms with Crippen LogP contribution in [0.3, 0.4) is 0 Å². The Balaban J connectivity index is 1.26. The SMILES string of the molecule is O=C1NC(=O)C(Cc2ccc3oc(CCc4csc(-c5ccccc5)n4)nc3c2)S1. The van der Waals surface area contributed by atoms with E-state index in [1.165, 1.54) is 0 Å². The molecule has 0 saturated carbocycles. The number of oxazole rings is 1. The van der Waals surface area contributed by atoms with E-state index in [0.717, 1.165) is 51.1 Å². The predicted octanol–water partition coefficient (Wildman–Crippen LogP) is 4.63. The molecule has 6 nitrogen and oxygen atoms in total. The van der Waals surface area contributed by atoms with Crippen molar-refractivity contribution in [2.75, 3.05) is 0 Å². The van der Waals surface area contributed by atoms with Crippen molar-refractivity contribution in [3.05, 3.63) is 71.1 Å². The number of hydrogen-bond donors (Lipinski definition) is 1. The lowest BCUT2D eigenvalue weighted by atomic mass is 10.1. The van der Waals surface area contributed by atoms with Crippen LogP contribution < -0.4 is 5.32 Å². The summed E-state index contributed by atoms with van der Waals surface area (Å²) in [6.07, 6.45) is 1.91. The minimum atomic E-state index is -0.384. The van der Waals surface area contributed by atoms with Gasteiger partial charge in [-0.25, -0.2) is 9.97 Å². The maximum Gasteiger partial charge on any atom is 0.286 e. The van der Waals surface area contributed by atoms with E-state index in [0.29, 0.717) is 18.7 Å². The second-order valence-electron chi connectivity index (χ2n) is 7.01. The van der Waals surface area contributed by atoms with Crippen LogP contribution in [0.1, 0.15) is 17.1 Å². The molecule has 2 aromatic carbocycles. The van der Waals surface area contributed by atoms with Gasteiger partial charge in [0.25, 0.3) is 5.24 Å². The van der Waals surface area contributed by atoms with Gasteiger partial charge in [-0.3, -0.25) is 14.9 Å². The summed E-state index contributed by atoms with van der Waals surface area (Å²) in [7, 11) is 0. The average molecular weight is 436 g/mol.